The fourth-order valence-electron chi connectivity index (χ4n) is 1.93. The molecule has 0 saturated heterocycles. The van der Waals surface area contributed by atoms with Gasteiger partial charge in [0.2, 0.25) is 5.91 Å². The summed E-state index contributed by atoms with van der Waals surface area (Å²) in [7, 11) is 3.39. The van der Waals surface area contributed by atoms with Crippen molar-refractivity contribution in [1.82, 2.24) is 9.80 Å². The molecule has 0 fully saturated rings. The maximum Gasteiger partial charge on any atom is 0.409 e. The maximum atomic E-state index is 12.1. The van der Waals surface area contributed by atoms with Crippen molar-refractivity contribution in [3.8, 4) is 0 Å². The summed E-state index contributed by atoms with van der Waals surface area (Å²) in [6, 6.07) is 7.16. The van der Waals surface area contributed by atoms with Crippen molar-refractivity contribution >= 4 is 17.7 Å². The molecule has 0 heterocycles. The molecule has 1 aromatic carbocycles. The van der Waals surface area contributed by atoms with E-state index in [-0.39, 0.29) is 12.5 Å². The minimum absolute atomic E-state index is 0.0427. The molecule has 0 radical (unpaired) electrons. The van der Waals surface area contributed by atoms with Gasteiger partial charge in [0.15, 0.2) is 0 Å². The summed E-state index contributed by atoms with van der Waals surface area (Å²) in [5.74, 6) is 0.0427. The van der Waals surface area contributed by atoms with Gasteiger partial charge in [0, 0.05) is 38.3 Å². The van der Waals surface area contributed by atoms with E-state index in [1.807, 2.05) is 32.9 Å². The van der Waals surface area contributed by atoms with Crippen molar-refractivity contribution in [3.05, 3.63) is 29.8 Å². The lowest BCUT2D eigenvalue weighted by molar-refractivity contribution is -0.138. The SMILES string of the molecule is CN(CCN(C)C(=O)C(C)(C)C)C(=O)OCc1ccc(N)cc1. The van der Waals surface area contributed by atoms with Crippen LogP contribution in [0.5, 0.6) is 0 Å². The smallest absolute Gasteiger partial charge is 0.409 e. The molecule has 0 unspecified atom stereocenters. The fraction of sp³-hybridized carbons (Fsp3) is 0.529. The summed E-state index contributed by atoms with van der Waals surface area (Å²) < 4.78 is 5.23. The topological polar surface area (TPSA) is 75.9 Å². The Hall–Kier alpha value is -2.24. The molecule has 6 heteroatoms. The Morgan fingerprint density at radius 2 is 1.57 bits per heavy atom. The Labute approximate surface area is 138 Å². The van der Waals surface area contributed by atoms with E-state index in [1.165, 1.54) is 4.90 Å². The fourth-order valence-corrected chi connectivity index (χ4v) is 1.93. The van der Waals surface area contributed by atoms with Crippen LogP contribution in [-0.4, -0.2) is 49.0 Å². The van der Waals surface area contributed by atoms with Gasteiger partial charge in [-0.3, -0.25) is 4.79 Å². The molecule has 0 atom stereocenters. The highest BCUT2D eigenvalue weighted by Gasteiger charge is 2.25. The minimum Gasteiger partial charge on any atom is -0.445 e. The Balaban J connectivity index is 2.39. The normalized spacial score (nSPS) is 11.0. The van der Waals surface area contributed by atoms with Gasteiger partial charge in [-0.1, -0.05) is 32.9 Å². The molecule has 23 heavy (non-hydrogen) atoms. The monoisotopic (exact) mass is 321 g/mol. The average Bonchev–Trinajstić information content (AvgIpc) is 2.49. The van der Waals surface area contributed by atoms with E-state index >= 15 is 0 Å². The van der Waals surface area contributed by atoms with E-state index in [0.29, 0.717) is 18.8 Å². The zero-order valence-corrected chi connectivity index (χ0v) is 14.6. The lowest BCUT2D eigenvalue weighted by Gasteiger charge is -2.27. The number of rotatable bonds is 5. The molecule has 0 aliphatic rings. The largest absolute Gasteiger partial charge is 0.445 e. The Kier molecular flexibility index (Phi) is 6.42. The van der Waals surface area contributed by atoms with Gasteiger partial charge in [0.1, 0.15) is 6.61 Å². The maximum absolute atomic E-state index is 12.1. The first-order valence-electron chi connectivity index (χ1n) is 7.59. The van der Waals surface area contributed by atoms with Crippen molar-refractivity contribution in [2.75, 3.05) is 32.9 Å². The third-order valence-electron chi connectivity index (χ3n) is 3.41. The van der Waals surface area contributed by atoms with Crippen LogP contribution in [0.15, 0.2) is 24.3 Å². The highest BCUT2D eigenvalue weighted by molar-refractivity contribution is 5.81. The number of likely N-dealkylation sites (N-methyl/N-ethyl adjacent to an activating group) is 2. The molecule has 0 bridgehead atoms. The highest BCUT2D eigenvalue weighted by atomic mass is 16.6. The van der Waals surface area contributed by atoms with Crippen LogP contribution in [0.3, 0.4) is 0 Å². The van der Waals surface area contributed by atoms with E-state index < -0.39 is 11.5 Å². The van der Waals surface area contributed by atoms with Gasteiger partial charge in [-0.25, -0.2) is 4.79 Å². The predicted octanol–water partition coefficient (Wildman–Crippen LogP) is 2.34. The number of hydrogen-bond donors (Lipinski definition) is 1. The van der Waals surface area contributed by atoms with Crippen molar-refractivity contribution in [3.63, 3.8) is 0 Å². The van der Waals surface area contributed by atoms with Crippen LogP contribution in [0.2, 0.25) is 0 Å². The number of amides is 2. The number of ether oxygens (including phenoxy) is 1. The van der Waals surface area contributed by atoms with Gasteiger partial charge < -0.3 is 20.3 Å². The second kappa shape index (κ2) is 7.85. The molecule has 2 amide bonds. The van der Waals surface area contributed by atoms with Gasteiger partial charge in [0.25, 0.3) is 0 Å². The van der Waals surface area contributed by atoms with Gasteiger partial charge in [0.05, 0.1) is 0 Å². The molecule has 2 N–H and O–H groups in total. The average molecular weight is 321 g/mol. The van der Waals surface area contributed by atoms with Crippen molar-refractivity contribution in [2.45, 2.75) is 27.4 Å². The standard InChI is InChI=1S/C17H27N3O3/c1-17(2,3)15(21)19(4)10-11-20(5)16(22)23-12-13-6-8-14(18)9-7-13/h6-9H,10-12,18H2,1-5H3. The molecule has 0 saturated carbocycles. The number of nitrogens with two attached hydrogens (primary N) is 1. The van der Waals surface area contributed by atoms with Gasteiger partial charge >= 0.3 is 6.09 Å². The van der Waals surface area contributed by atoms with Crippen molar-refractivity contribution in [2.24, 2.45) is 5.41 Å². The molecular weight excluding hydrogens is 294 g/mol. The summed E-state index contributed by atoms with van der Waals surface area (Å²) in [4.78, 5) is 27.1. The molecule has 0 aliphatic carbocycles. The molecule has 1 aromatic rings. The Bertz CT molecular complexity index is 535. The van der Waals surface area contributed by atoms with Crippen LogP contribution < -0.4 is 5.73 Å². The number of benzene rings is 1. The predicted molar refractivity (Wildman–Crippen MR) is 90.8 cm³/mol. The van der Waals surface area contributed by atoms with Gasteiger partial charge in [-0.05, 0) is 17.7 Å². The van der Waals surface area contributed by atoms with E-state index in [4.69, 9.17) is 10.5 Å². The summed E-state index contributed by atoms with van der Waals surface area (Å²) in [5.41, 5.74) is 6.72. The molecule has 128 valence electrons. The molecule has 6 nitrogen and oxygen atoms in total. The highest BCUT2D eigenvalue weighted by Crippen LogP contribution is 2.16. The van der Waals surface area contributed by atoms with Crippen molar-refractivity contribution < 1.29 is 14.3 Å². The lowest BCUT2D eigenvalue weighted by atomic mass is 9.95. The van der Waals surface area contributed by atoms with Crippen LogP contribution in [0.25, 0.3) is 0 Å². The third-order valence-corrected chi connectivity index (χ3v) is 3.41. The number of nitrogen functional groups attached to an aromatic ring is 1. The second-order valence-electron chi connectivity index (χ2n) is 6.69. The van der Waals surface area contributed by atoms with E-state index in [2.05, 4.69) is 0 Å². The van der Waals surface area contributed by atoms with Crippen molar-refractivity contribution in [1.29, 1.82) is 0 Å². The number of anilines is 1. The lowest BCUT2D eigenvalue weighted by Crippen LogP contribution is -2.41. The molecular formula is C17H27N3O3. The molecule has 0 spiro atoms. The number of nitrogens with zero attached hydrogens (tertiary/aromatic N) is 2. The van der Waals surface area contributed by atoms with Crippen LogP contribution in [0.1, 0.15) is 26.3 Å². The molecule has 0 aliphatic heterocycles. The zero-order chi connectivity index (χ0) is 17.6. The quantitative estimate of drug-likeness (QED) is 0.845. The second-order valence-corrected chi connectivity index (χ2v) is 6.69. The minimum atomic E-state index is -0.428. The van der Waals surface area contributed by atoms with Gasteiger partial charge in [-0.2, -0.15) is 0 Å². The summed E-state index contributed by atoms with van der Waals surface area (Å²) >= 11 is 0. The summed E-state index contributed by atoms with van der Waals surface area (Å²) in [6.07, 6.45) is -0.418. The van der Waals surface area contributed by atoms with E-state index in [0.717, 1.165) is 5.56 Å². The third kappa shape index (κ3) is 6.18. The van der Waals surface area contributed by atoms with Crippen LogP contribution in [0.4, 0.5) is 10.5 Å². The van der Waals surface area contributed by atoms with E-state index in [9.17, 15) is 9.59 Å². The first-order valence-corrected chi connectivity index (χ1v) is 7.59. The zero-order valence-electron chi connectivity index (χ0n) is 14.6. The first-order chi connectivity index (χ1) is 10.6. The molecule has 0 aromatic heterocycles. The Morgan fingerprint density at radius 3 is 2.09 bits per heavy atom. The summed E-state index contributed by atoms with van der Waals surface area (Å²) in [5, 5.41) is 0. The molecule has 1 rings (SSSR count). The van der Waals surface area contributed by atoms with Crippen LogP contribution >= 0.6 is 0 Å². The Morgan fingerprint density at radius 1 is 1.04 bits per heavy atom. The summed E-state index contributed by atoms with van der Waals surface area (Å²) in [6.45, 7) is 6.69. The first kappa shape index (κ1) is 18.8. The van der Waals surface area contributed by atoms with Crippen LogP contribution in [0, 0.1) is 5.41 Å². The van der Waals surface area contributed by atoms with Crippen LogP contribution in [-0.2, 0) is 16.1 Å². The number of hydrogen-bond acceptors (Lipinski definition) is 4. The van der Waals surface area contributed by atoms with Gasteiger partial charge in [-0.15, -0.1) is 0 Å². The number of carbonyl (C=O) groups is 2. The van der Waals surface area contributed by atoms with E-state index in [1.54, 1.807) is 31.1 Å². The number of carbonyl (C=O) groups excluding carboxylic acids is 2.